The van der Waals surface area contributed by atoms with Crippen LogP contribution in [0.25, 0.3) is 6.08 Å². The third-order valence-electron chi connectivity index (χ3n) is 3.52. The van der Waals surface area contributed by atoms with Gasteiger partial charge in [-0.2, -0.15) is 0 Å². The van der Waals surface area contributed by atoms with E-state index in [4.69, 9.17) is 4.74 Å². The van der Waals surface area contributed by atoms with E-state index in [-0.39, 0.29) is 17.7 Å². The summed E-state index contributed by atoms with van der Waals surface area (Å²) < 4.78 is 17.7. The first-order valence-corrected chi connectivity index (χ1v) is 7.16. The van der Waals surface area contributed by atoms with Crippen molar-refractivity contribution in [1.29, 1.82) is 0 Å². The fourth-order valence-electron chi connectivity index (χ4n) is 2.28. The molecule has 0 saturated carbocycles. The number of ketones is 1. The number of rotatable bonds is 4. The number of halogens is 1. The highest BCUT2D eigenvalue weighted by molar-refractivity contribution is 6.07. The highest BCUT2D eigenvalue weighted by Crippen LogP contribution is 2.19. The third kappa shape index (κ3) is 3.45. The first-order valence-electron chi connectivity index (χ1n) is 7.16. The maximum atomic E-state index is 12.8. The maximum Gasteiger partial charge on any atom is 0.414 e. The maximum absolute atomic E-state index is 12.8. The number of anilines is 1. The monoisotopic (exact) mass is 311 g/mol. The molecule has 1 amide bonds. The predicted octanol–water partition coefficient (Wildman–Crippen LogP) is 3.68. The second kappa shape index (κ2) is 6.44. The number of allylic oxidation sites excluding steroid dienone is 1. The van der Waals surface area contributed by atoms with E-state index >= 15 is 0 Å². The van der Waals surface area contributed by atoms with Crippen molar-refractivity contribution in [2.75, 3.05) is 18.1 Å². The van der Waals surface area contributed by atoms with Crippen molar-refractivity contribution in [1.82, 2.24) is 0 Å². The molecular weight excluding hydrogens is 297 g/mol. The van der Waals surface area contributed by atoms with Gasteiger partial charge in [-0.05, 0) is 48.0 Å². The van der Waals surface area contributed by atoms with Crippen LogP contribution in [0.15, 0.2) is 54.6 Å². The number of amides is 1. The molecule has 23 heavy (non-hydrogen) atoms. The second-order valence-corrected chi connectivity index (χ2v) is 5.06. The zero-order valence-corrected chi connectivity index (χ0v) is 12.2. The first-order chi connectivity index (χ1) is 11.1. The Balaban J connectivity index is 1.70. The Bertz CT molecular complexity index is 751. The zero-order valence-electron chi connectivity index (χ0n) is 12.2. The number of carbonyl (C=O) groups is 2. The summed E-state index contributed by atoms with van der Waals surface area (Å²) in [6.45, 7) is 0.885. The van der Waals surface area contributed by atoms with Gasteiger partial charge in [-0.15, -0.1) is 0 Å². The van der Waals surface area contributed by atoms with Gasteiger partial charge in [-0.25, -0.2) is 9.18 Å². The van der Waals surface area contributed by atoms with Crippen LogP contribution in [0.1, 0.15) is 15.9 Å². The van der Waals surface area contributed by atoms with Gasteiger partial charge in [0.2, 0.25) is 0 Å². The van der Waals surface area contributed by atoms with Gasteiger partial charge in [0.25, 0.3) is 0 Å². The van der Waals surface area contributed by atoms with Gasteiger partial charge < -0.3 is 4.74 Å². The molecule has 0 aromatic heterocycles. The molecule has 0 aliphatic carbocycles. The molecule has 0 spiro atoms. The van der Waals surface area contributed by atoms with E-state index in [9.17, 15) is 14.0 Å². The molecule has 1 aliphatic rings. The molecule has 3 rings (SSSR count). The molecule has 0 N–H and O–H groups in total. The van der Waals surface area contributed by atoms with Crippen molar-refractivity contribution in [2.24, 2.45) is 0 Å². The summed E-state index contributed by atoms with van der Waals surface area (Å²) in [5, 5.41) is 0. The van der Waals surface area contributed by atoms with E-state index in [1.165, 1.54) is 23.1 Å². The highest BCUT2D eigenvalue weighted by atomic mass is 19.1. The summed E-state index contributed by atoms with van der Waals surface area (Å²) in [5.74, 6) is -0.477. The number of cyclic esters (lactones) is 1. The van der Waals surface area contributed by atoms with Crippen molar-refractivity contribution >= 4 is 23.6 Å². The Morgan fingerprint density at radius 1 is 1.09 bits per heavy atom. The Morgan fingerprint density at radius 2 is 1.78 bits per heavy atom. The van der Waals surface area contributed by atoms with E-state index < -0.39 is 0 Å². The van der Waals surface area contributed by atoms with Crippen molar-refractivity contribution in [3.05, 3.63) is 71.6 Å². The number of hydrogen-bond acceptors (Lipinski definition) is 3. The number of carbonyl (C=O) groups excluding carboxylic acids is 2. The lowest BCUT2D eigenvalue weighted by atomic mass is 10.1. The molecule has 0 unspecified atom stereocenters. The van der Waals surface area contributed by atoms with E-state index in [1.807, 2.05) is 0 Å². The summed E-state index contributed by atoms with van der Waals surface area (Å²) in [7, 11) is 0. The molecule has 1 fully saturated rings. The molecule has 4 nitrogen and oxygen atoms in total. The smallest absolute Gasteiger partial charge is 0.414 e. The molecule has 5 heteroatoms. The van der Waals surface area contributed by atoms with Gasteiger partial charge in [0.1, 0.15) is 12.4 Å². The fraction of sp³-hybridized carbons (Fsp3) is 0.111. The Morgan fingerprint density at radius 3 is 2.39 bits per heavy atom. The van der Waals surface area contributed by atoms with Gasteiger partial charge in [-0.3, -0.25) is 9.69 Å². The van der Waals surface area contributed by atoms with Crippen LogP contribution >= 0.6 is 0 Å². The lowest BCUT2D eigenvalue weighted by Gasteiger charge is -2.12. The average Bonchev–Trinajstić information content (AvgIpc) is 3.00. The molecule has 0 bridgehead atoms. The summed E-state index contributed by atoms with van der Waals surface area (Å²) in [6.07, 6.45) is 2.69. The second-order valence-electron chi connectivity index (χ2n) is 5.06. The summed E-state index contributed by atoms with van der Waals surface area (Å²) >= 11 is 0. The van der Waals surface area contributed by atoms with E-state index in [0.717, 1.165) is 5.56 Å². The normalized spacial score (nSPS) is 14.3. The van der Waals surface area contributed by atoms with E-state index in [0.29, 0.717) is 24.4 Å². The number of ether oxygens (including phenoxy) is 1. The number of nitrogens with zero attached hydrogens (tertiary/aromatic N) is 1. The minimum atomic E-state index is -0.375. The van der Waals surface area contributed by atoms with Gasteiger partial charge >= 0.3 is 6.09 Å². The molecule has 2 aromatic carbocycles. The molecule has 116 valence electrons. The number of hydrogen-bond donors (Lipinski definition) is 0. The summed E-state index contributed by atoms with van der Waals surface area (Å²) in [5.41, 5.74) is 1.96. The van der Waals surface area contributed by atoms with Gasteiger partial charge in [0, 0.05) is 11.3 Å². The SMILES string of the molecule is O=C(/C=C\c1ccc(F)cc1)c1ccc(N2CCOC2=O)cc1. The van der Waals surface area contributed by atoms with Gasteiger partial charge in [-0.1, -0.05) is 18.2 Å². The number of benzene rings is 2. The molecule has 1 saturated heterocycles. The largest absolute Gasteiger partial charge is 0.447 e. The van der Waals surface area contributed by atoms with Crippen LogP contribution in [0.5, 0.6) is 0 Å². The van der Waals surface area contributed by atoms with Crippen LogP contribution in [-0.4, -0.2) is 25.0 Å². The molecule has 0 radical (unpaired) electrons. The Labute approximate surface area is 132 Å². The van der Waals surface area contributed by atoms with Gasteiger partial charge in [0.15, 0.2) is 5.78 Å². The standard InChI is InChI=1S/C18H14FNO3/c19-15-6-1-13(2-7-15)3-10-17(21)14-4-8-16(9-5-14)20-11-12-23-18(20)22/h1-10H,11-12H2/b10-3-. The predicted molar refractivity (Wildman–Crippen MR) is 84.9 cm³/mol. The summed E-state index contributed by atoms with van der Waals surface area (Å²) in [6, 6.07) is 12.6. The molecule has 2 aromatic rings. The molecule has 1 heterocycles. The molecular formula is C18H14FNO3. The van der Waals surface area contributed by atoms with Crippen LogP contribution in [0.2, 0.25) is 0 Å². The Hall–Kier alpha value is -2.95. The first kappa shape index (κ1) is 15.0. The molecule has 1 aliphatic heterocycles. The summed E-state index contributed by atoms with van der Waals surface area (Å²) in [4.78, 5) is 25.1. The molecule has 0 atom stereocenters. The van der Waals surface area contributed by atoms with E-state index in [2.05, 4.69) is 0 Å². The lowest BCUT2D eigenvalue weighted by molar-refractivity contribution is 0.104. The topological polar surface area (TPSA) is 46.6 Å². The van der Waals surface area contributed by atoms with Crippen LogP contribution < -0.4 is 4.90 Å². The minimum Gasteiger partial charge on any atom is -0.447 e. The lowest BCUT2D eigenvalue weighted by Crippen LogP contribution is -2.23. The van der Waals surface area contributed by atoms with Crippen LogP contribution in [0, 0.1) is 5.82 Å². The third-order valence-corrected chi connectivity index (χ3v) is 3.52. The van der Waals surface area contributed by atoms with Gasteiger partial charge in [0.05, 0.1) is 6.54 Å². The van der Waals surface area contributed by atoms with Crippen molar-refractivity contribution in [2.45, 2.75) is 0 Å². The van der Waals surface area contributed by atoms with Crippen molar-refractivity contribution < 1.29 is 18.7 Å². The minimum absolute atomic E-state index is 0.162. The zero-order chi connectivity index (χ0) is 16.2. The quantitative estimate of drug-likeness (QED) is 0.639. The fourth-order valence-corrected chi connectivity index (χ4v) is 2.28. The van der Waals surface area contributed by atoms with Crippen molar-refractivity contribution in [3.63, 3.8) is 0 Å². The highest BCUT2D eigenvalue weighted by Gasteiger charge is 2.23. The van der Waals surface area contributed by atoms with Crippen molar-refractivity contribution in [3.8, 4) is 0 Å². The van der Waals surface area contributed by atoms with Crippen LogP contribution in [0.3, 0.4) is 0 Å². The average molecular weight is 311 g/mol. The van der Waals surface area contributed by atoms with Crippen LogP contribution in [-0.2, 0) is 4.74 Å². The van der Waals surface area contributed by atoms with E-state index in [1.54, 1.807) is 42.5 Å². The Kier molecular flexibility index (Phi) is 4.19. The van der Waals surface area contributed by atoms with Crippen LogP contribution in [0.4, 0.5) is 14.9 Å².